The van der Waals surface area contributed by atoms with E-state index in [-0.39, 0.29) is 6.04 Å². The lowest BCUT2D eigenvalue weighted by atomic mass is 10.0. The average molecular weight is 284 g/mol. The van der Waals surface area contributed by atoms with Crippen LogP contribution >= 0.6 is 0 Å². The van der Waals surface area contributed by atoms with Crippen LogP contribution < -0.4 is 10.6 Å². The summed E-state index contributed by atoms with van der Waals surface area (Å²) in [5.41, 5.74) is 9.60. The van der Waals surface area contributed by atoms with Crippen molar-refractivity contribution in [2.75, 3.05) is 18.0 Å². The predicted molar refractivity (Wildman–Crippen MR) is 87.4 cm³/mol. The Morgan fingerprint density at radius 1 is 1.33 bits per heavy atom. The number of benzene rings is 1. The summed E-state index contributed by atoms with van der Waals surface area (Å²) in [6.45, 7) is 6.39. The monoisotopic (exact) mass is 284 g/mol. The van der Waals surface area contributed by atoms with Gasteiger partial charge in [-0.3, -0.25) is 5.10 Å². The van der Waals surface area contributed by atoms with Gasteiger partial charge < -0.3 is 10.6 Å². The molecule has 1 aromatic carbocycles. The van der Waals surface area contributed by atoms with E-state index in [1.807, 2.05) is 0 Å². The topological polar surface area (TPSA) is 57.9 Å². The van der Waals surface area contributed by atoms with E-state index in [9.17, 15) is 0 Å². The summed E-state index contributed by atoms with van der Waals surface area (Å²) >= 11 is 0. The molecule has 1 saturated heterocycles. The summed E-state index contributed by atoms with van der Waals surface area (Å²) in [7, 11) is 0. The molecule has 1 aromatic heterocycles. The maximum atomic E-state index is 5.96. The smallest absolute Gasteiger partial charge is 0.151 e. The number of nitrogens with zero attached hydrogens (tertiary/aromatic N) is 2. The number of anilines is 1. The van der Waals surface area contributed by atoms with E-state index >= 15 is 0 Å². The van der Waals surface area contributed by atoms with Crippen molar-refractivity contribution in [3.05, 3.63) is 35.9 Å². The fraction of sp³-hybridized carbons (Fsp3) is 0.471. The van der Waals surface area contributed by atoms with Gasteiger partial charge in [-0.15, -0.1) is 0 Å². The van der Waals surface area contributed by atoms with Crippen LogP contribution in [0.2, 0.25) is 0 Å². The number of aromatic nitrogens is 2. The molecule has 1 unspecified atom stereocenters. The van der Waals surface area contributed by atoms with E-state index in [0.717, 1.165) is 37.4 Å². The minimum atomic E-state index is 0.278. The van der Waals surface area contributed by atoms with Crippen molar-refractivity contribution in [2.24, 2.45) is 11.7 Å². The van der Waals surface area contributed by atoms with E-state index in [0.29, 0.717) is 5.92 Å². The number of nitrogens with two attached hydrogens (primary N) is 1. The number of rotatable bonds is 4. The van der Waals surface area contributed by atoms with Crippen LogP contribution in [-0.4, -0.2) is 29.3 Å². The maximum absolute atomic E-state index is 5.96. The molecule has 2 aromatic rings. The van der Waals surface area contributed by atoms with E-state index in [1.54, 1.807) is 0 Å². The number of nitrogens with one attached hydrogen (secondary N) is 1. The van der Waals surface area contributed by atoms with Crippen LogP contribution in [0.25, 0.3) is 11.3 Å². The van der Waals surface area contributed by atoms with Crippen LogP contribution in [0.4, 0.5) is 5.82 Å². The molecule has 3 N–H and O–H groups in total. The highest BCUT2D eigenvalue weighted by Gasteiger charge is 2.21. The van der Waals surface area contributed by atoms with Crippen molar-refractivity contribution < 1.29 is 0 Å². The number of aromatic amines is 1. The Morgan fingerprint density at radius 3 is 2.71 bits per heavy atom. The van der Waals surface area contributed by atoms with Gasteiger partial charge in [0.15, 0.2) is 5.82 Å². The molecule has 2 heterocycles. The summed E-state index contributed by atoms with van der Waals surface area (Å²) in [6, 6.07) is 11.2. The van der Waals surface area contributed by atoms with Crippen molar-refractivity contribution in [1.82, 2.24) is 10.2 Å². The minimum absolute atomic E-state index is 0.278. The Labute approximate surface area is 126 Å². The van der Waals surface area contributed by atoms with Crippen LogP contribution in [0.3, 0.4) is 0 Å². The van der Waals surface area contributed by atoms with Crippen molar-refractivity contribution in [1.29, 1.82) is 0 Å². The van der Waals surface area contributed by atoms with Gasteiger partial charge in [0.05, 0.1) is 5.69 Å². The molecular weight excluding hydrogens is 260 g/mol. The normalized spacial score (nSPS) is 18.7. The highest BCUT2D eigenvalue weighted by Crippen LogP contribution is 2.24. The average Bonchev–Trinajstić information content (AvgIpc) is 3.07. The molecule has 112 valence electrons. The Morgan fingerprint density at radius 2 is 2.10 bits per heavy atom. The summed E-state index contributed by atoms with van der Waals surface area (Å²) in [5, 5.41) is 7.57. The zero-order chi connectivity index (χ0) is 14.8. The third kappa shape index (κ3) is 3.27. The van der Waals surface area contributed by atoms with Crippen LogP contribution in [0.5, 0.6) is 0 Å². The second-order valence-electron chi connectivity index (χ2n) is 6.43. The number of H-pyrrole nitrogens is 1. The van der Waals surface area contributed by atoms with E-state index in [2.05, 4.69) is 59.3 Å². The molecule has 0 radical (unpaired) electrons. The van der Waals surface area contributed by atoms with Gasteiger partial charge >= 0.3 is 0 Å². The quantitative estimate of drug-likeness (QED) is 0.907. The summed E-state index contributed by atoms with van der Waals surface area (Å²) in [4.78, 5) is 2.25. The molecule has 1 atom stereocenters. The van der Waals surface area contributed by atoms with Gasteiger partial charge in [0, 0.05) is 25.2 Å². The fourth-order valence-corrected chi connectivity index (χ4v) is 2.91. The predicted octanol–water partition coefficient (Wildman–Crippen LogP) is 2.81. The molecule has 21 heavy (non-hydrogen) atoms. The van der Waals surface area contributed by atoms with Crippen LogP contribution in [0.15, 0.2) is 30.3 Å². The minimum Gasteiger partial charge on any atom is -0.354 e. The highest BCUT2D eigenvalue weighted by molar-refractivity contribution is 5.63. The van der Waals surface area contributed by atoms with Crippen LogP contribution in [0, 0.1) is 5.92 Å². The molecule has 0 aliphatic carbocycles. The molecule has 1 fully saturated rings. The summed E-state index contributed by atoms with van der Waals surface area (Å²) < 4.78 is 0. The Hall–Kier alpha value is -1.81. The highest BCUT2D eigenvalue weighted by atomic mass is 15.3. The van der Waals surface area contributed by atoms with E-state index < -0.39 is 0 Å². The fourth-order valence-electron chi connectivity index (χ4n) is 2.91. The molecule has 0 saturated carbocycles. The van der Waals surface area contributed by atoms with Gasteiger partial charge in [-0.05, 0) is 29.9 Å². The lowest BCUT2D eigenvalue weighted by Gasteiger charge is -2.13. The van der Waals surface area contributed by atoms with Gasteiger partial charge in [-0.25, -0.2) is 0 Å². The molecule has 1 aliphatic rings. The second kappa shape index (κ2) is 5.90. The Kier molecular flexibility index (Phi) is 3.97. The van der Waals surface area contributed by atoms with Crippen molar-refractivity contribution in [3.8, 4) is 11.3 Å². The van der Waals surface area contributed by atoms with Gasteiger partial charge in [0.2, 0.25) is 0 Å². The van der Waals surface area contributed by atoms with Gasteiger partial charge in [0.1, 0.15) is 0 Å². The molecule has 3 rings (SSSR count). The van der Waals surface area contributed by atoms with Gasteiger partial charge in [0.25, 0.3) is 0 Å². The molecular formula is C17H24N4. The molecule has 0 spiro atoms. The van der Waals surface area contributed by atoms with Crippen molar-refractivity contribution in [3.63, 3.8) is 0 Å². The third-order valence-electron chi connectivity index (χ3n) is 4.02. The first kappa shape index (κ1) is 14.1. The largest absolute Gasteiger partial charge is 0.354 e. The standard InChI is InChI=1S/C17H24N4/c1-12(2)9-13-3-5-14(6-4-13)16-10-17(20-19-16)21-8-7-15(18)11-21/h3-6,10,12,15H,7-9,11,18H2,1-2H3,(H,19,20). The summed E-state index contributed by atoms with van der Waals surface area (Å²) in [6.07, 6.45) is 2.17. The van der Waals surface area contributed by atoms with E-state index in [4.69, 9.17) is 5.73 Å². The number of hydrogen-bond donors (Lipinski definition) is 2. The zero-order valence-corrected chi connectivity index (χ0v) is 12.8. The van der Waals surface area contributed by atoms with Gasteiger partial charge in [-0.1, -0.05) is 38.1 Å². The molecule has 4 nitrogen and oxygen atoms in total. The molecule has 0 bridgehead atoms. The Bertz CT molecular complexity index is 585. The van der Waals surface area contributed by atoms with Crippen molar-refractivity contribution >= 4 is 5.82 Å². The molecule has 4 heteroatoms. The number of hydrogen-bond acceptors (Lipinski definition) is 3. The zero-order valence-electron chi connectivity index (χ0n) is 12.8. The Balaban J connectivity index is 1.73. The van der Waals surface area contributed by atoms with Crippen LogP contribution in [-0.2, 0) is 6.42 Å². The summed E-state index contributed by atoms with van der Waals surface area (Å²) in [5.74, 6) is 1.69. The third-order valence-corrected chi connectivity index (χ3v) is 4.02. The maximum Gasteiger partial charge on any atom is 0.151 e. The first-order valence-corrected chi connectivity index (χ1v) is 7.77. The molecule has 1 aliphatic heterocycles. The first-order chi connectivity index (χ1) is 10.1. The van der Waals surface area contributed by atoms with E-state index in [1.165, 1.54) is 11.1 Å². The lowest BCUT2D eigenvalue weighted by molar-refractivity contribution is 0.647. The SMILES string of the molecule is CC(C)Cc1ccc(-c2cc(N3CCC(N)C3)n[nH]2)cc1. The molecule has 0 amide bonds. The van der Waals surface area contributed by atoms with Crippen LogP contribution in [0.1, 0.15) is 25.8 Å². The first-order valence-electron chi connectivity index (χ1n) is 7.77. The lowest BCUT2D eigenvalue weighted by Crippen LogP contribution is -2.26. The van der Waals surface area contributed by atoms with Gasteiger partial charge in [-0.2, -0.15) is 5.10 Å². The van der Waals surface area contributed by atoms with Crippen molar-refractivity contribution in [2.45, 2.75) is 32.7 Å². The second-order valence-corrected chi connectivity index (χ2v) is 6.43.